The lowest BCUT2D eigenvalue weighted by Gasteiger charge is -2.26. The molecule has 1 rings (SSSR count). The van der Waals surface area contributed by atoms with E-state index >= 15 is 0 Å². The Morgan fingerprint density at radius 3 is 2.37 bits per heavy atom. The zero-order chi connectivity index (χ0) is 14.3. The molecule has 1 N–H and O–H groups in total. The molecule has 0 bridgehead atoms. The molecule has 0 aliphatic heterocycles. The topological polar surface area (TPSA) is 59.0 Å². The van der Waals surface area contributed by atoms with Gasteiger partial charge in [-0.2, -0.15) is 0 Å². The first-order valence-electron chi connectivity index (χ1n) is 7.04. The number of carbonyl (C=O) groups is 1. The van der Waals surface area contributed by atoms with Crippen molar-refractivity contribution in [2.75, 3.05) is 27.8 Å². The van der Waals surface area contributed by atoms with Crippen LogP contribution in [0.3, 0.4) is 0 Å². The van der Waals surface area contributed by atoms with Gasteiger partial charge in [-0.05, 0) is 38.0 Å². The van der Waals surface area contributed by atoms with Gasteiger partial charge in [-0.1, -0.05) is 0 Å². The van der Waals surface area contributed by atoms with Crippen molar-refractivity contribution in [3.8, 4) is 0 Å². The maximum absolute atomic E-state index is 12.0. The van der Waals surface area contributed by atoms with Crippen molar-refractivity contribution >= 4 is 5.91 Å². The number of likely N-dealkylation sites (N-methyl/N-ethyl adjacent to an activating group) is 1. The van der Waals surface area contributed by atoms with Gasteiger partial charge in [-0.25, -0.2) is 0 Å². The second-order valence-electron chi connectivity index (χ2n) is 5.39. The minimum atomic E-state index is -0.362. The third-order valence-corrected chi connectivity index (χ3v) is 3.96. The Bertz CT molecular complexity index is 260. The number of carbonyl (C=O) groups excluding carboxylic acids is 1. The summed E-state index contributed by atoms with van der Waals surface area (Å²) < 4.78 is 10.2. The van der Waals surface area contributed by atoms with E-state index in [1.54, 1.807) is 26.2 Å². The van der Waals surface area contributed by atoms with Crippen LogP contribution in [0, 0.1) is 5.92 Å². The van der Waals surface area contributed by atoms with Crippen LogP contribution in [0.1, 0.15) is 38.5 Å². The van der Waals surface area contributed by atoms with E-state index in [4.69, 9.17) is 9.47 Å². The predicted octanol–water partition coefficient (Wildman–Crippen LogP) is 1.39. The summed E-state index contributed by atoms with van der Waals surface area (Å²) in [5, 5.41) is 9.44. The van der Waals surface area contributed by atoms with Crippen LogP contribution in [0.2, 0.25) is 0 Å². The number of methoxy groups -OCH3 is 2. The second kappa shape index (κ2) is 8.51. The third-order valence-electron chi connectivity index (χ3n) is 3.96. The van der Waals surface area contributed by atoms with Crippen LogP contribution in [-0.2, 0) is 14.3 Å². The highest BCUT2D eigenvalue weighted by Crippen LogP contribution is 2.27. The molecular formula is C14H27NO4. The lowest BCUT2D eigenvalue weighted by atomic mass is 9.84. The maximum Gasteiger partial charge on any atom is 0.222 e. The van der Waals surface area contributed by atoms with Gasteiger partial charge in [-0.3, -0.25) is 4.79 Å². The molecule has 0 atom stereocenters. The molecular weight excluding hydrogens is 246 g/mol. The summed E-state index contributed by atoms with van der Waals surface area (Å²) in [4.78, 5) is 13.6. The fraction of sp³-hybridized carbons (Fsp3) is 0.929. The normalized spacial score (nSPS) is 23.6. The monoisotopic (exact) mass is 273 g/mol. The smallest absolute Gasteiger partial charge is 0.222 e. The Balaban J connectivity index is 2.22. The summed E-state index contributed by atoms with van der Waals surface area (Å²) in [6.45, 7) is 0.454. The molecule has 19 heavy (non-hydrogen) atoms. The molecule has 1 amide bonds. The molecule has 1 aliphatic rings. The van der Waals surface area contributed by atoms with Crippen molar-refractivity contribution in [2.24, 2.45) is 5.92 Å². The van der Waals surface area contributed by atoms with E-state index in [0.29, 0.717) is 18.9 Å². The van der Waals surface area contributed by atoms with E-state index in [9.17, 15) is 9.90 Å². The summed E-state index contributed by atoms with van der Waals surface area (Å²) >= 11 is 0. The van der Waals surface area contributed by atoms with E-state index in [2.05, 4.69) is 0 Å². The molecule has 0 aromatic rings. The number of hydrogen-bond acceptors (Lipinski definition) is 4. The Kier molecular flexibility index (Phi) is 7.34. The van der Waals surface area contributed by atoms with Crippen molar-refractivity contribution in [1.82, 2.24) is 4.90 Å². The van der Waals surface area contributed by atoms with Crippen LogP contribution in [0.25, 0.3) is 0 Å². The standard InChI is InChI=1S/C14H27NO4/c1-15(10-14(18-2)19-3)13(17)9-6-11-4-7-12(16)8-5-11/h11-12,14,16H,4-10H2,1-3H3. The van der Waals surface area contributed by atoms with Gasteiger partial charge in [-0.15, -0.1) is 0 Å². The summed E-state index contributed by atoms with van der Waals surface area (Å²) in [5.74, 6) is 0.714. The average molecular weight is 273 g/mol. The zero-order valence-electron chi connectivity index (χ0n) is 12.3. The van der Waals surface area contributed by atoms with Crippen LogP contribution in [-0.4, -0.2) is 56.1 Å². The Morgan fingerprint density at radius 2 is 1.84 bits per heavy atom. The number of aliphatic hydroxyl groups is 1. The van der Waals surface area contributed by atoms with Crippen LogP contribution in [0.5, 0.6) is 0 Å². The molecule has 0 spiro atoms. The summed E-state index contributed by atoms with van der Waals surface area (Å²) in [5.41, 5.74) is 0. The summed E-state index contributed by atoms with van der Waals surface area (Å²) in [7, 11) is 4.91. The van der Waals surface area contributed by atoms with E-state index in [1.807, 2.05) is 0 Å². The highest BCUT2D eigenvalue weighted by atomic mass is 16.7. The number of ether oxygens (including phenoxy) is 2. The molecule has 1 aliphatic carbocycles. The Hall–Kier alpha value is -0.650. The number of aliphatic hydroxyl groups excluding tert-OH is 1. The molecule has 0 unspecified atom stereocenters. The van der Waals surface area contributed by atoms with Crippen molar-refractivity contribution in [1.29, 1.82) is 0 Å². The first kappa shape index (κ1) is 16.4. The molecule has 0 aromatic heterocycles. The first-order valence-corrected chi connectivity index (χ1v) is 7.04. The van der Waals surface area contributed by atoms with Crippen LogP contribution in [0.15, 0.2) is 0 Å². The van der Waals surface area contributed by atoms with Crippen molar-refractivity contribution in [3.63, 3.8) is 0 Å². The largest absolute Gasteiger partial charge is 0.393 e. The van der Waals surface area contributed by atoms with Crippen LogP contribution in [0.4, 0.5) is 0 Å². The lowest BCUT2D eigenvalue weighted by molar-refractivity contribution is -0.143. The molecule has 0 radical (unpaired) electrons. The van der Waals surface area contributed by atoms with Gasteiger partial charge >= 0.3 is 0 Å². The molecule has 0 saturated heterocycles. The average Bonchev–Trinajstić information content (AvgIpc) is 2.43. The van der Waals surface area contributed by atoms with E-state index in [1.165, 1.54) is 0 Å². The third kappa shape index (κ3) is 5.89. The lowest BCUT2D eigenvalue weighted by Crippen LogP contribution is -2.36. The van der Waals surface area contributed by atoms with Crippen LogP contribution < -0.4 is 0 Å². The van der Waals surface area contributed by atoms with Gasteiger partial charge in [0.25, 0.3) is 0 Å². The summed E-state index contributed by atoms with van der Waals surface area (Å²) in [6.07, 6.45) is 4.83. The second-order valence-corrected chi connectivity index (χ2v) is 5.39. The minimum Gasteiger partial charge on any atom is -0.393 e. The number of rotatable bonds is 7. The van der Waals surface area contributed by atoms with Crippen LogP contribution >= 0.6 is 0 Å². The van der Waals surface area contributed by atoms with Crippen molar-refractivity contribution < 1.29 is 19.4 Å². The number of amides is 1. The van der Waals surface area contributed by atoms with E-state index in [-0.39, 0.29) is 18.3 Å². The van der Waals surface area contributed by atoms with Gasteiger partial charge in [0, 0.05) is 27.7 Å². The molecule has 0 aromatic carbocycles. The zero-order valence-corrected chi connectivity index (χ0v) is 12.3. The molecule has 1 fully saturated rings. The van der Waals surface area contributed by atoms with Gasteiger partial charge in [0.2, 0.25) is 5.91 Å². The highest BCUT2D eigenvalue weighted by Gasteiger charge is 2.21. The van der Waals surface area contributed by atoms with E-state index in [0.717, 1.165) is 32.1 Å². The fourth-order valence-corrected chi connectivity index (χ4v) is 2.52. The maximum atomic E-state index is 12.0. The molecule has 112 valence electrons. The Labute approximate surface area is 115 Å². The number of hydrogen-bond donors (Lipinski definition) is 1. The SMILES string of the molecule is COC(CN(C)C(=O)CCC1CCC(O)CC1)OC. The van der Waals surface area contributed by atoms with Gasteiger partial charge in [0.1, 0.15) is 0 Å². The quantitative estimate of drug-likeness (QED) is 0.712. The molecule has 5 nitrogen and oxygen atoms in total. The predicted molar refractivity (Wildman–Crippen MR) is 72.6 cm³/mol. The minimum absolute atomic E-state index is 0.126. The fourth-order valence-electron chi connectivity index (χ4n) is 2.52. The van der Waals surface area contributed by atoms with Crippen molar-refractivity contribution in [3.05, 3.63) is 0 Å². The molecule has 0 heterocycles. The Morgan fingerprint density at radius 1 is 1.26 bits per heavy atom. The molecule has 5 heteroatoms. The van der Waals surface area contributed by atoms with Gasteiger partial charge in [0.05, 0.1) is 12.6 Å². The first-order chi connectivity index (χ1) is 9.06. The van der Waals surface area contributed by atoms with Crippen molar-refractivity contribution in [2.45, 2.75) is 50.9 Å². The summed E-state index contributed by atoms with van der Waals surface area (Å²) in [6, 6.07) is 0. The van der Waals surface area contributed by atoms with Gasteiger partial charge in [0.15, 0.2) is 6.29 Å². The molecule has 1 saturated carbocycles. The van der Waals surface area contributed by atoms with Gasteiger partial charge < -0.3 is 19.5 Å². The number of nitrogens with zero attached hydrogens (tertiary/aromatic N) is 1. The van der Waals surface area contributed by atoms with E-state index < -0.39 is 0 Å². The highest BCUT2D eigenvalue weighted by molar-refractivity contribution is 5.75.